The Kier molecular flexibility index (Phi) is 7.43. The van der Waals surface area contributed by atoms with E-state index in [9.17, 15) is 14.4 Å². The summed E-state index contributed by atoms with van der Waals surface area (Å²) in [6, 6.07) is 0. The molecule has 19 heavy (non-hydrogen) atoms. The third-order valence-corrected chi connectivity index (χ3v) is 2.32. The van der Waals surface area contributed by atoms with Gasteiger partial charge in [0.2, 0.25) is 0 Å². The summed E-state index contributed by atoms with van der Waals surface area (Å²) in [5.74, 6) is -4.16. The lowest BCUT2D eigenvalue weighted by Gasteiger charge is -2.19. The van der Waals surface area contributed by atoms with Gasteiger partial charge in [0.15, 0.2) is 0 Å². The number of carbonyl (C=O) groups excluding carboxylic acids is 1. The number of carbonyl (C=O) groups is 3. The topological polar surface area (TPSA) is 110 Å². The van der Waals surface area contributed by atoms with Crippen LogP contribution in [0.4, 0.5) is 0 Å². The van der Waals surface area contributed by atoms with Crippen LogP contribution in [0.1, 0.15) is 20.3 Å². The van der Waals surface area contributed by atoms with Crippen LogP contribution < -0.4 is 0 Å². The number of aliphatic carboxylic acids is 2. The Balaban J connectivity index is 4.10. The molecule has 0 fully saturated rings. The van der Waals surface area contributed by atoms with Crippen LogP contribution in [0.2, 0.25) is 0 Å². The molecule has 0 radical (unpaired) electrons. The van der Waals surface area contributed by atoms with Crippen LogP contribution in [0.3, 0.4) is 0 Å². The zero-order valence-corrected chi connectivity index (χ0v) is 10.9. The van der Waals surface area contributed by atoms with E-state index < -0.39 is 36.4 Å². The molecule has 0 aromatic rings. The fourth-order valence-corrected chi connectivity index (χ4v) is 1.25. The Bertz CT molecular complexity index is 361. The molecule has 2 unspecified atom stereocenters. The minimum absolute atomic E-state index is 0.0103. The van der Waals surface area contributed by atoms with Crippen molar-refractivity contribution in [1.82, 2.24) is 0 Å². The van der Waals surface area contributed by atoms with Crippen molar-refractivity contribution in [3.8, 4) is 0 Å². The first kappa shape index (κ1) is 17.1. The van der Waals surface area contributed by atoms with Crippen LogP contribution in [0, 0.1) is 5.92 Å². The minimum atomic E-state index is -1.24. The molecule has 0 bridgehead atoms. The monoisotopic (exact) mass is 274 g/mol. The second kappa shape index (κ2) is 8.25. The van der Waals surface area contributed by atoms with Crippen LogP contribution in [-0.4, -0.2) is 47.4 Å². The standard InChI is InChI=1S/C12H18O7/c1-7(2)12(17)19-5-4-18-8(3)9(11(15)16)6-10(13)14/h8-9H,1,4-6H2,2-3H3,(H,13,14)(H,15,16). The number of rotatable bonds is 9. The van der Waals surface area contributed by atoms with Gasteiger partial charge < -0.3 is 19.7 Å². The third kappa shape index (κ3) is 7.20. The molecule has 2 N–H and O–H groups in total. The summed E-state index contributed by atoms with van der Waals surface area (Å²) in [5.41, 5.74) is 0.252. The molecule has 0 amide bonds. The molecule has 2 atom stereocenters. The summed E-state index contributed by atoms with van der Waals surface area (Å²) in [5, 5.41) is 17.5. The van der Waals surface area contributed by atoms with Gasteiger partial charge in [-0.2, -0.15) is 0 Å². The molecule has 0 saturated heterocycles. The number of esters is 1. The summed E-state index contributed by atoms with van der Waals surface area (Å²) in [6.07, 6.45) is -1.32. The van der Waals surface area contributed by atoms with E-state index in [1.54, 1.807) is 0 Å². The Labute approximate surface area is 110 Å². The zero-order chi connectivity index (χ0) is 15.0. The first-order valence-corrected chi connectivity index (χ1v) is 5.64. The molecule has 0 aliphatic carbocycles. The SMILES string of the molecule is C=C(C)C(=O)OCCOC(C)C(CC(=O)O)C(=O)O. The van der Waals surface area contributed by atoms with Gasteiger partial charge in [-0.05, 0) is 13.8 Å². The van der Waals surface area contributed by atoms with E-state index >= 15 is 0 Å². The molecular formula is C12H18O7. The minimum Gasteiger partial charge on any atom is -0.481 e. The van der Waals surface area contributed by atoms with Crippen LogP contribution in [-0.2, 0) is 23.9 Å². The van der Waals surface area contributed by atoms with Gasteiger partial charge in [0.25, 0.3) is 0 Å². The average molecular weight is 274 g/mol. The summed E-state index contributed by atoms with van der Waals surface area (Å²) < 4.78 is 9.89. The molecule has 0 saturated carbocycles. The largest absolute Gasteiger partial charge is 0.481 e. The van der Waals surface area contributed by atoms with Crippen molar-refractivity contribution >= 4 is 17.9 Å². The maximum atomic E-state index is 11.0. The molecule has 0 rings (SSSR count). The van der Waals surface area contributed by atoms with Gasteiger partial charge in [-0.25, -0.2) is 4.79 Å². The van der Waals surface area contributed by atoms with Crippen molar-refractivity contribution in [2.45, 2.75) is 26.4 Å². The highest BCUT2D eigenvalue weighted by atomic mass is 16.6. The average Bonchev–Trinajstić information content (AvgIpc) is 2.30. The summed E-state index contributed by atoms with van der Waals surface area (Å²) in [4.78, 5) is 32.4. The van der Waals surface area contributed by atoms with Crippen molar-refractivity contribution < 1.29 is 34.1 Å². The Hall–Kier alpha value is -1.89. The fourth-order valence-electron chi connectivity index (χ4n) is 1.25. The highest BCUT2D eigenvalue weighted by Gasteiger charge is 2.28. The molecule has 0 heterocycles. The van der Waals surface area contributed by atoms with Gasteiger partial charge in [-0.15, -0.1) is 0 Å². The lowest BCUT2D eigenvalue weighted by atomic mass is 10.00. The lowest BCUT2D eigenvalue weighted by Crippen LogP contribution is -2.31. The second-order valence-electron chi connectivity index (χ2n) is 4.03. The second-order valence-corrected chi connectivity index (χ2v) is 4.03. The van der Waals surface area contributed by atoms with Gasteiger partial charge in [-0.1, -0.05) is 6.58 Å². The molecule has 0 aliphatic heterocycles. The number of ether oxygens (including phenoxy) is 2. The third-order valence-electron chi connectivity index (χ3n) is 2.32. The zero-order valence-electron chi connectivity index (χ0n) is 10.9. The Morgan fingerprint density at radius 1 is 1.21 bits per heavy atom. The number of carboxylic acids is 2. The van der Waals surface area contributed by atoms with Crippen molar-refractivity contribution in [3.63, 3.8) is 0 Å². The van der Waals surface area contributed by atoms with Crippen molar-refractivity contribution in [3.05, 3.63) is 12.2 Å². The normalized spacial score (nSPS) is 13.4. The van der Waals surface area contributed by atoms with Gasteiger partial charge in [-0.3, -0.25) is 9.59 Å². The Morgan fingerprint density at radius 2 is 1.79 bits per heavy atom. The van der Waals surface area contributed by atoms with E-state index in [4.69, 9.17) is 19.7 Å². The number of hydrogen-bond acceptors (Lipinski definition) is 5. The lowest BCUT2D eigenvalue weighted by molar-refractivity contribution is -0.155. The first-order chi connectivity index (χ1) is 8.75. The summed E-state index contributed by atoms with van der Waals surface area (Å²) in [6.45, 7) is 6.30. The summed E-state index contributed by atoms with van der Waals surface area (Å²) in [7, 11) is 0. The predicted octanol–water partition coefficient (Wildman–Crippen LogP) is 0.686. The smallest absolute Gasteiger partial charge is 0.333 e. The predicted molar refractivity (Wildman–Crippen MR) is 64.6 cm³/mol. The molecule has 0 spiro atoms. The molecule has 108 valence electrons. The molecule has 0 aliphatic rings. The van der Waals surface area contributed by atoms with Crippen LogP contribution >= 0.6 is 0 Å². The van der Waals surface area contributed by atoms with Crippen molar-refractivity contribution in [2.24, 2.45) is 5.92 Å². The maximum Gasteiger partial charge on any atom is 0.333 e. The van der Waals surface area contributed by atoms with Gasteiger partial charge in [0, 0.05) is 5.57 Å². The van der Waals surface area contributed by atoms with Crippen LogP contribution in [0.15, 0.2) is 12.2 Å². The molecule has 7 heteroatoms. The quantitative estimate of drug-likeness (QED) is 0.361. The number of hydrogen-bond donors (Lipinski definition) is 2. The van der Waals surface area contributed by atoms with E-state index in [0.29, 0.717) is 0 Å². The van der Waals surface area contributed by atoms with Crippen LogP contribution in [0.5, 0.6) is 0 Å². The van der Waals surface area contributed by atoms with Crippen molar-refractivity contribution in [1.29, 1.82) is 0 Å². The molecule has 7 nitrogen and oxygen atoms in total. The highest BCUT2D eigenvalue weighted by molar-refractivity contribution is 5.86. The summed E-state index contributed by atoms with van der Waals surface area (Å²) >= 11 is 0. The van der Waals surface area contributed by atoms with E-state index in [2.05, 4.69) is 6.58 Å². The number of carboxylic acid groups (broad SMARTS) is 2. The Morgan fingerprint density at radius 3 is 2.21 bits per heavy atom. The molecule has 0 aromatic heterocycles. The van der Waals surface area contributed by atoms with E-state index in [0.717, 1.165) is 0 Å². The van der Waals surface area contributed by atoms with E-state index in [1.165, 1.54) is 13.8 Å². The van der Waals surface area contributed by atoms with Gasteiger partial charge in [0.1, 0.15) is 6.61 Å². The van der Waals surface area contributed by atoms with Crippen LogP contribution in [0.25, 0.3) is 0 Å². The van der Waals surface area contributed by atoms with E-state index in [-0.39, 0.29) is 18.8 Å². The van der Waals surface area contributed by atoms with Gasteiger partial charge >= 0.3 is 17.9 Å². The highest BCUT2D eigenvalue weighted by Crippen LogP contribution is 2.13. The first-order valence-electron chi connectivity index (χ1n) is 5.64. The maximum absolute atomic E-state index is 11.0. The fraction of sp³-hybridized carbons (Fsp3) is 0.583. The van der Waals surface area contributed by atoms with E-state index in [1.807, 2.05) is 0 Å². The molecule has 0 aromatic carbocycles. The van der Waals surface area contributed by atoms with Gasteiger partial charge in [0.05, 0.1) is 25.0 Å². The molecular weight excluding hydrogens is 256 g/mol. The van der Waals surface area contributed by atoms with Crippen molar-refractivity contribution in [2.75, 3.05) is 13.2 Å².